The Bertz CT molecular complexity index is 332. The molecule has 0 radical (unpaired) electrons. The molecular weight excluding hydrogens is 214 g/mol. The Morgan fingerprint density at radius 2 is 2.20 bits per heavy atom. The van der Waals surface area contributed by atoms with Crippen LogP contribution in [-0.2, 0) is 0 Å². The van der Waals surface area contributed by atoms with E-state index in [1.54, 1.807) is 0 Å². The van der Waals surface area contributed by atoms with Gasteiger partial charge in [-0.1, -0.05) is 0 Å². The number of aromatic nitrogens is 1. The molecule has 5 heteroatoms. The summed E-state index contributed by atoms with van der Waals surface area (Å²) in [4.78, 5) is 14.3. The first-order valence-corrected chi connectivity index (χ1v) is 5.19. The van der Waals surface area contributed by atoms with E-state index in [1.165, 1.54) is 18.5 Å². The monoisotopic (exact) mass is 227 g/mol. The molecule has 1 aromatic heterocycles. The van der Waals surface area contributed by atoms with Crippen molar-refractivity contribution in [1.82, 2.24) is 4.98 Å². The maximum atomic E-state index is 10.5. The third-order valence-corrected chi connectivity index (χ3v) is 2.31. The van der Waals surface area contributed by atoms with Gasteiger partial charge in [0.05, 0.1) is 6.10 Å². The Balaban J connectivity index is 2.80. The van der Waals surface area contributed by atoms with Gasteiger partial charge in [0.2, 0.25) is 0 Å². The smallest absolute Gasteiger partial charge is 0.151 e. The Kier molecular flexibility index (Phi) is 4.74. The molecule has 1 rings (SSSR count). The van der Waals surface area contributed by atoms with Crippen LogP contribution in [-0.4, -0.2) is 33.3 Å². The number of hydrogen-bond donors (Lipinski definition) is 3. The van der Waals surface area contributed by atoms with Crippen molar-refractivity contribution in [2.75, 3.05) is 5.75 Å². The number of hydrogen-bond acceptors (Lipinski definition) is 5. The van der Waals surface area contributed by atoms with Gasteiger partial charge in [0.1, 0.15) is 6.10 Å². The summed E-state index contributed by atoms with van der Waals surface area (Å²) >= 11 is 3.96. The van der Waals surface area contributed by atoms with Crippen molar-refractivity contribution in [3.63, 3.8) is 0 Å². The molecule has 2 N–H and O–H groups in total. The molecular formula is C10H13NO3S. The Labute approximate surface area is 93.4 Å². The molecule has 0 aliphatic carbocycles. The minimum atomic E-state index is -1.02. The molecule has 0 fully saturated rings. The largest absolute Gasteiger partial charge is 0.390 e. The SMILES string of the molecule is O=Cc1cncc(C(O)C(O)CCS)c1. The fraction of sp³-hybridized carbons (Fsp3) is 0.400. The van der Waals surface area contributed by atoms with Gasteiger partial charge < -0.3 is 10.2 Å². The predicted molar refractivity (Wildman–Crippen MR) is 59.1 cm³/mol. The fourth-order valence-corrected chi connectivity index (χ4v) is 1.48. The van der Waals surface area contributed by atoms with E-state index in [1.807, 2.05) is 0 Å². The fourth-order valence-electron chi connectivity index (χ4n) is 1.21. The van der Waals surface area contributed by atoms with Crippen LogP contribution in [0.5, 0.6) is 0 Å². The van der Waals surface area contributed by atoms with Gasteiger partial charge in [-0.3, -0.25) is 9.78 Å². The molecule has 2 atom stereocenters. The topological polar surface area (TPSA) is 70.4 Å². The number of thiol groups is 1. The van der Waals surface area contributed by atoms with Crippen LogP contribution < -0.4 is 0 Å². The van der Waals surface area contributed by atoms with Gasteiger partial charge in [-0.05, 0) is 18.2 Å². The highest BCUT2D eigenvalue weighted by Gasteiger charge is 2.17. The normalized spacial score (nSPS) is 14.6. The van der Waals surface area contributed by atoms with Crippen LogP contribution in [0.15, 0.2) is 18.5 Å². The lowest BCUT2D eigenvalue weighted by molar-refractivity contribution is 0.0170. The lowest BCUT2D eigenvalue weighted by atomic mass is 10.0. The maximum Gasteiger partial charge on any atom is 0.151 e. The zero-order valence-corrected chi connectivity index (χ0v) is 8.97. The van der Waals surface area contributed by atoms with E-state index < -0.39 is 12.2 Å². The van der Waals surface area contributed by atoms with Crippen LogP contribution in [0, 0.1) is 0 Å². The van der Waals surface area contributed by atoms with Crippen LogP contribution in [0.1, 0.15) is 28.4 Å². The van der Waals surface area contributed by atoms with E-state index in [0.717, 1.165) is 0 Å². The first-order chi connectivity index (χ1) is 7.19. The number of aliphatic hydroxyl groups is 2. The summed E-state index contributed by atoms with van der Waals surface area (Å²) in [5.74, 6) is 0.485. The molecule has 1 aromatic rings. The Morgan fingerprint density at radius 3 is 2.80 bits per heavy atom. The van der Waals surface area contributed by atoms with Crippen LogP contribution in [0.2, 0.25) is 0 Å². The van der Waals surface area contributed by atoms with E-state index in [-0.39, 0.29) is 0 Å². The lowest BCUT2D eigenvalue weighted by Crippen LogP contribution is -2.19. The minimum absolute atomic E-state index is 0.379. The molecule has 2 unspecified atom stereocenters. The number of rotatable bonds is 5. The van der Waals surface area contributed by atoms with Crippen LogP contribution in [0.25, 0.3) is 0 Å². The molecule has 0 aromatic carbocycles. The molecule has 0 saturated carbocycles. The number of aliphatic hydroxyl groups excluding tert-OH is 2. The van der Waals surface area contributed by atoms with Crippen molar-refractivity contribution >= 4 is 18.9 Å². The number of aldehydes is 1. The summed E-state index contributed by atoms with van der Waals surface area (Å²) in [6.07, 6.45) is 1.95. The highest BCUT2D eigenvalue weighted by atomic mass is 32.1. The third-order valence-electron chi connectivity index (χ3n) is 2.05. The Hall–Kier alpha value is -0.910. The summed E-state index contributed by atoms with van der Waals surface area (Å²) in [7, 11) is 0. The van der Waals surface area contributed by atoms with Crippen molar-refractivity contribution < 1.29 is 15.0 Å². The van der Waals surface area contributed by atoms with E-state index in [2.05, 4.69) is 17.6 Å². The predicted octanol–water partition coefficient (Wildman–Crippen LogP) is 0.608. The number of pyridine rings is 1. The third kappa shape index (κ3) is 3.30. The number of carbonyl (C=O) groups excluding carboxylic acids is 1. The highest BCUT2D eigenvalue weighted by molar-refractivity contribution is 7.80. The maximum absolute atomic E-state index is 10.5. The van der Waals surface area contributed by atoms with E-state index >= 15 is 0 Å². The summed E-state index contributed by atoms with van der Waals surface area (Å²) < 4.78 is 0. The van der Waals surface area contributed by atoms with Crippen molar-refractivity contribution in [2.24, 2.45) is 0 Å². The number of nitrogens with zero attached hydrogens (tertiary/aromatic N) is 1. The summed E-state index contributed by atoms with van der Waals surface area (Å²) in [6.45, 7) is 0. The average Bonchev–Trinajstić information content (AvgIpc) is 2.28. The van der Waals surface area contributed by atoms with Gasteiger partial charge in [-0.25, -0.2) is 0 Å². The first-order valence-electron chi connectivity index (χ1n) is 4.56. The van der Waals surface area contributed by atoms with Crippen molar-refractivity contribution in [1.29, 1.82) is 0 Å². The van der Waals surface area contributed by atoms with Gasteiger partial charge in [0.25, 0.3) is 0 Å². The van der Waals surface area contributed by atoms with Crippen molar-refractivity contribution in [3.05, 3.63) is 29.6 Å². The Morgan fingerprint density at radius 1 is 1.47 bits per heavy atom. The van der Waals surface area contributed by atoms with Gasteiger partial charge in [-0.15, -0.1) is 0 Å². The quantitative estimate of drug-likeness (QED) is 0.509. The lowest BCUT2D eigenvalue weighted by Gasteiger charge is -2.16. The molecule has 15 heavy (non-hydrogen) atoms. The minimum Gasteiger partial charge on any atom is -0.390 e. The van der Waals surface area contributed by atoms with E-state index in [4.69, 9.17) is 0 Å². The zero-order valence-electron chi connectivity index (χ0n) is 8.08. The van der Waals surface area contributed by atoms with E-state index in [9.17, 15) is 15.0 Å². The molecule has 0 spiro atoms. The first kappa shape index (κ1) is 12.2. The van der Waals surface area contributed by atoms with Crippen LogP contribution in [0.4, 0.5) is 0 Å². The highest BCUT2D eigenvalue weighted by Crippen LogP contribution is 2.18. The van der Waals surface area contributed by atoms with Gasteiger partial charge in [0.15, 0.2) is 6.29 Å². The summed E-state index contributed by atoms with van der Waals surface area (Å²) in [5, 5.41) is 19.2. The molecule has 0 aliphatic heterocycles. The molecule has 0 amide bonds. The second-order valence-corrected chi connectivity index (χ2v) is 3.64. The van der Waals surface area contributed by atoms with Crippen LogP contribution in [0.3, 0.4) is 0 Å². The van der Waals surface area contributed by atoms with Gasteiger partial charge >= 0.3 is 0 Å². The van der Waals surface area contributed by atoms with Gasteiger partial charge in [0, 0.05) is 23.5 Å². The molecule has 82 valence electrons. The van der Waals surface area contributed by atoms with Gasteiger partial charge in [-0.2, -0.15) is 12.6 Å². The zero-order chi connectivity index (χ0) is 11.3. The summed E-state index contributed by atoms with van der Waals surface area (Å²) in [6, 6.07) is 1.51. The van der Waals surface area contributed by atoms with Crippen LogP contribution >= 0.6 is 12.6 Å². The molecule has 4 nitrogen and oxygen atoms in total. The van der Waals surface area contributed by atoms with Crippen molar-refractivity contribution in [2.45, 2.75) is 18.6 Å². The van der Waals surface area contributed by atoms with E-state index in [0.29, 0.717) is 29.6 Å². The average molecular weight is 227 g/mol. The number of carbonyl (C=O) groups is 1. The molecule has 1 heterocycles. The summed E-state index contributed by atoms with van der Waals surface area (Å²) in [5.41, 5.74) is 0.818. The second-order valence-electron chi connectivity index (χ2n) is 3.19. The second kappa shape index (κ2) is 5.85. The molecule has 0 bridgehead atoms. The molecule has 0 aliphatic rings. The van der Waals surface area contributed by atoms with Crippen molar-refractivity contribution in [3.8, 4) is 0 Å². The standard InChI is InChI=1S/C10H13NO3S/c12-6-7-3-8(5-11-4-7)10(14)9(13)1-2-15/h3-6,9-10,13-15H,1-2H2. The molecule has 0 saturated heterocycles.